The molecule has 34 heavy (non-hydrogen) atoms. The fourth-order valence-corrected chi connectivity index (χ4v) is 6.02. The summed E-state index contributed by atoms with van der Waals surface area (Å²) in [7, 11) is 0.461. The zero-order chi connectivity index (χ0) is 24.0. The van der Waals surface area contributed by atoms with Crippen molar-refractivity contribution in [1.82, 2.24) is 4.90 Å². The topological polar surface area (TPSA) is 85.3 Å². The highest BCUT2D eigenvalue weighted by Crippen LogP contribution is 2.47. The van der Waals surface area contributed by atoms with Gasteiger partial charge in [0.1, 0.15) is 10.6 Å². The number of fused-ring (bicyclic) bond motifs is 4. The summed E-state index contributed by atoms with van der Waals surface area (Å²) in [6.07, 6.45) is 1.64. The molecule has 0 bridgehead atoms. The molecule has 2 heterocycles. The maximum absolute atomic E-state index is 12.2. The van der Waals surface area contributed by atoms with Crippen molar-refractivity contribution in [3.8, 4) is 28.4 Å². The van der Waals surface area contributed by atoms with Crippen molar-refractivity contribution in [2.75, 3.05) is 27.9 Å². The molecule has 2 aliphatic rings. The van der Waals surface area contributed by atoms with Gasteiger partial charge in [0.2, 0.25) is 0 Å². The minimum atomic E-state index is -4.41. The van der Waals surface area contributed by atoms with Crippen molar-refractivity contribution in [3.63, 3.8) is 0 Å². The Hall–Kier alpha value is -3.07. The summed E-state index contributed by atoms with van der Waals surface area (Å²) in [5, 5.41) is 0. The van der Waals surface area contributed by atoms with E-state index < -0.39 is 10.1 Å². The summed E-state index contributed by atoms with van der Waals surface area (Å²) in [5.74, 6) is 2.03. The third kappa shape index (κ3) is 3.72. The molecule has 0 spiro atoms. The summed E-state index contributed by atoms with van der Waals surface area (Å²) in [5.41, 5.74) is 5.80. The predicted molar refractivity (Wildman–Crippen MR) is 128 cm³/mol. The molecule has 7 nitrogen and oxygen atoms in total. The Kier molecular flexibility index (Phi) is 5.75. The van der Waals surface area contributed by atoms with Crippen molar-refractivity contribution in [2.45, 2.75) is 30.3 Å². The predicted octanol–water partition coefficient (Wildman–Crippen LogP) is 4.28. The van der Waals surface area contributed by atoms with E-state index in [1.54, 1.807) is 39.5 Å². The molecule has 0 amide bonds. The highest BCUT2D eigenvalue weighted by Gasteiger charge is 2.35. The molecule has 2 aliphatic heterocycles. The molecule has 8 heteroatoms. The molecule has 5 rings (SSSR count). The van der Waals surface area contributed by atoms with Crippen LogP contribution in [0.4, 0.5) is 0 Å². The lowest BCUT2D eigenvalue weighted by molar-refractivity contribution is 0.160. The Bertz CT molecular complexity index is 1370. The van der Waals surface area contributed by atoms with Crippen molar-refractivity contribution in [3.05, 3.63) is 70.8 Å². The molecular formula is C26H27NO6S. The van der Waals surface area contributed by atoms with Crippen LogP contribution in [-0.4, -0.2) is 45.7 Å². The average Bonchev–Trinajstić information content (AvgIpc) is 2.85. The summed E-state index contributed by atoms with van der Waals surface area (Å²) in [6.45, 7) is 1.50. The lowest BCUT2D eigenvalue weighted by Crippen LogP contribution is -2.39. The molecule has 1 unspecified atom stereocenters. The van der Waals surface area contributed by atoms with Crippen molar-refractivity contribution in [2.24, 2.45) is 0 Å². The highest BCUT2D eigenvalue weighted by atomic mass is 32.2. The smallest absolute Gasteiger partial charge is 0.295 e. The van der Waals surface area contributed by atoms with Gasteiger partial charge in [-0.05, 0) is 59.4 Å². The molecule has 1 N–H and O–H groups in total. The van der Waals surface area contributed by atoms with Crippen LogP contribution in [0.3, 0.4) is 0 Å². The number of ether oxygens (including phenoxy) is 3. The van der Waals surface area contributed by atoms with Crippen LogP contribution in [0.5, 0.6) is 17.2 Å². The first-order valence-electron chi connectivity index (χ1n) is 11.1. The lowest BCUT2D eigenvalue weighted by Gasteiger charge is -2.42. The van der Waals surface area contributed by atoms with Crippen LogP contribution < -0.4 is 14.2 Å². The first kappa shape index (κ1) is 22.7. The van der Waals surface area contributed by atoms with E-state index >= 15 is 0 Å². The van der Waals surface area contributed by atoms with Gasteiger partial charge in [0.25, 0.3) is 10.1 Å². The first-order valence-corrected chi connectivity index (χ1v) is 12.5. The Balaban J connectivity index is 1.65. The van der Waals surface area contributed by atoms with E-state index in [0.717, 1.165) is 36.3 Å². The van der Waals surface area contributed by atoms with Crippen molar-refractivity contribution in [1.29, 1.82) is 0 Å². The SMILES string of the molecule is COc1cc2c(cc1OC)C1Cc3ccc(OC)c(-c4ccccc4S(=O)(=O)O)c3CN1CC2. The van der Waals surface area contributed by atoms with Gasteiger partial charge in [-0.15, -0.1) is 0 Å². The van der Waals surface area contributed by atoms with Crippen LogP contribution in [0, 0.1) is 0 Å². The third-order valence-electron chi connectivity index (χ3n) is 6.91. The third-order valence-corrected chi connectivity index (χ3v) is 7.83. The van der Waals surface area contributed by atoms with Gasteiger partial charge in [-0.2, -0.15) is 8.42 Å². The highest BCUT2D eigenvalue weighted by molar-refractivity contribution is 7.86. The second-order valence-electron chi connectivity index (χ2n) is 8.60. The van der Waals surface area contributed by atoms with E-state index in [9.17, 15) is 13.0 Å². The second kappa shape index (κ2) is 8.61. The Morgan fingerprint density at radius 3 is 2.32 bits per heavy atom. The fraction of sp³-hybridized carbons (Fsp3) is 0.308. The van der Waals surface area contributed by atoms with E-state index in [-0.39, 0.29) is 10.9 Å². The first-order chi connectivity index (χ1) is 16.4. The van der Waals surface area contributed by atoms with Crippen LogP contribution >= 0.6 is 0 Å². The molecular weight excluding hydrogens is 454 g/mol. The average molecular weight is 482 g/mol. The van der Waals surface area contributed by atoms with Crippen molar-refractivity contribution < 1.29 is 27.2 Å². The molecule has 0 saturated heterocycles. The fourth-order valence-electron chi connectivity index (χ4n) is 5.32. The summed E-state index contributed by atoms with van der Waals surface area (Å²) < 4.78 is 50.9. The normalized spacial score (nSPS) is 17.4. The number of methoxy groups -OCH3 is 3. The summed E-state index contributed by atoms with van der Waals surface area (Å²) >= 11 is 0. The number of hydrogen-bond donors (Lipinski definition) is 1. The second-order valence-corrected chi connectivity index (χ2v) is 9.99. The zero-order valence-corrected chi connectivity index (χ0v) is 20.2. The maximum Gasteiger partial charge on any atom is 0.295 e. The van der Waals surface area contributed by atoms with E-state index in [1.807, 2.05) is 6.07 Å². The van der Waals surface area contributed by atoms with Gasteiger partial charge >= 0.3 is 0 Å². The molecule has 3 aromatic rings. The van der Waals surface area contributed by atoms with Gasteiger partial charge in [0.05, 0.1) is 21.3 Å². The summed E-state index contributed by atoms with van der Waals surface area (Å²) in [4.78, 5) is 2.29. The zero-order valence-electron chi connectivity index (χ0n) is 19.4. The minimum Gasteiger partial charge on any atom is -0.496 e. The standard InChI is InChI=1S/C26H27NO6S/c1-31-22-9-8-16-12-21-19-14-24(33-3)23(32-2)13-17(19)10-11-27(21)15-20(16)26(22)18-6-4-5-7-25(18)34(28,29)30/h4-9,13-14,21H,10-12,15H2,1-3H3,(H,28,29,30). The molecule has 0 aliphatic carbocycles. The van der Waals surface area contributed by atoms with Gasteiger partial charge in [-0.25, -0.2) is 0 Å². The minimum absolute atomic E-state index is 0.121. The van der Waals surface area contributed by atoms with Crippen LogP contribution in [0.1, 0.15) is 28.3 Å². The van der Waals surface area contributed by atoms with E-state index in [1.165, 1.54) is 17.2 Å². The Morgan fingerprint density at radius 1 is 0.912 bits per heavy atom. The molecule has 1 atom stereocenters. The largest absolute Gasteiger partial charge is 0.496 e. The van der Waals surface area contributed by atoms with E-state index in [2.05, 4.69) is 23.1 Å². The Labute approximate surface area is 199 Å². The van der Waals surface area contributed by atoms with Gasteiger partial charge in [-0.1, -0.05) is 24.3 Å². The lowest BCUT2D eigenvalue weighted by atomic mass is 9.81. The number of benzene rings is 3. The Morgan fingerprint density at radius 2 is 1.62 bits per heavy atom. The van der Waals surface area contributed by atoms with Gasteiger partial charge in [-0.3, -0.25) is 9.45 Å². The maximum atomic E-state index is 12.2. The molecule has 3 aromatic carbocycles. The monoisotopic (exact) mass is 481 g/mol. The molecule has 178 valence electrons. The van der Waals surface area contributed by atoms with Gasteiger partial charge < -0.3 is 14.2 Å². The summed E-state index contributed by atoms with van der Waals surface area (Å²) in [6, 6.07) is 14.8. The van der Waals surface area contributed by atoms with Gasteiger partial charge in [0, 0.05) is 30.3 Å². The van der Waals surface area contributed by atoms with E-state index in [0.29, 0.717) is 29.2 Å². The number of rotatable bonds is 5. The van der Waals surface area contributed by atoms with E-state index in [4.69, 9.17) is 14.2 Å². The van der Waals surface area contributed by atoms with Gasteiger partial charge in [0.15, 0.2) is 11.5 Å². The molecule has 0 fully saturated rings. The molecule has 0 saturated carbocycles. The molecule has 0 aromatic heterocycles. The number of nitrogens with zero attached hydrogens (tertiary/aromatic N) is 1. The van der Waals surface area contributed by atoms with Crippen LogP contribution in [0.2, 0.25) is 0 Å². The molecule has 0 radical (unpaired) electrons. The van der Waals surface area contributed by atoms with Crippen LogP contribution in [-0.2, 0) is 29.5 Å². The van der Waals surface area contributed by atoms with Crippen LogP contribution in [0.15, 0.2) is 53.4 Å². The van der Waals surface area contributed by atoms with Crippen LogP contribution in [0.25, 0.3) is 11.1 Å². The van der Waals surface area contributed by atoms with Crippen molar-refractivity contribution >= 4 is 10.1 Å². The number of hydrogen-bond acceptors (Lipinski definition) is 6. The quantitative estimate of drug-likeness (QED) is 0.545.